The van der Waals surface area contributed by atoms with Gasteiger partial charge in [-0.1, -0.05) is 35.3 Å². The van der Waals surface area contributed by atoms with E-state index in [4.69, 9.17) is 29.0 Å². The molecule has 1 atom stereocenters. The lowest BCUT2D eigenvalue weighted by Crippen LogP contribution is -2.33. The highest BCUT2D eigenvalue weighted by Gasteiger charge is 2.23. The van der Waals surface area contributed by atoms with Crippen molar-refractivity contribution in [3.05, 3.63) is 33.8 Å². The molecule has 0 radical (unpaired) electrons. The Kier molecular flexibility index (Phi) is 4.07. The van der Waals surface area contributed by atoms with Gasteiger partial charge in [0.1, 0.15) is 6.04 Å². The third-order valence-electron chi connectivity index (χ3n) is 1.75. The van der Waals surface area contributed by atoms with Gasteiger partial charge < -0.3 is 0 Å². The van der Waals surface area contributed by atoms with Gasteiger partial charge in [0.15, 0.2) is 0 Å². The van der Waals surface area contributed by atoms with Gasteiger partial charge in [0.05, 0.1) is 10.0 Å². The Morgan fingerprint density at radius 3 is 2.43 bits per heavy atom. The van der Waals surface area contributed by atoms with Crippen LogP contribution in [-0.2, 0) is 0 Å². The molecule has 1 rings (SSSR count). The van der Waals surface area contributed by atoms with Crippen LogP contribution in [-0.4, -0.2) is 6.43 Å². The fraction of sp³-hybridized carbons (Fsp3) is 0.250. The van der Waals surface area contributed by atoms with Crippen molar-refractivity contribution in [3.8, 4) is 0 Å². The Bertz CT molecular complexity index is 320. The molecular formula is C8H8Cl2F2N2. The lowest BCUT2D eigenvalue weighted by molar-refractivity contribution is 0.0987. The SMILES string of the molecule is NNC(c1cccc(Cl)c1Cl)C(F)F. The highest BCUT2D eigenvalue weighted by atomic mass is 35.5. The van der Waals surface area contributed by atoms with Crippen LogP contribution >= 0.6 is 23.2 Å². The Labute approximate surface area is 90.0 Å². The van der Waals surface area contributed by atoms with Gasteiger partial charge in [0.25, 0.3) is 6.43 Å². The van der Waals surface area contributed by atoms with Crippen LogP contribution in [0.2, 0.25) is 10.0 Å². The zero-order valence-electron chi connectivity index (χ0n) is 6.98. The van der Waals surface area contributed by atoms with E-state index in [0.717, 1.165) is 0 Å². The molecular weight excluding hydrogens is 233 g/mol. The molecule has 0 saturated carbocycles. The smallest absolute Gasteiger partial charge is 0.259 e. The maximum Gasteiger partial charge on any atom is 0.259 e. The number of hydrogen-bond acceptors (Lipinski definition) is 2. The third-order valence-corrected chi connectivity index (χ3v) is 2.58. The second kappa shape index (κ2) is 4.89. The van der Waals surface area contributed by atoms with Crippen LogP contribution in [0.15, 0.2) is 18.2 Å². The molecule has 0 saturated heterocycles. The minimum atomic E-state index is -2.64. The van der Waals surface area contributed by atoms with Crippen molar-refractivity contribution in [2.45, 2.75) is 12.5 Å². The fourth-order valence-electron chi connectivity index (χ4n) is 1.06. The zero-order valence-corrected chi connectivity index (χ0v) is 8.49. The van der Waals surface area contributed by atoms with Crippen molar-refractivity contribution < 1.29 is 8.78 Å². The molecule has 1 aromatic rings. The standard InChI is InChI=1S/C8H8Cl2F2N2/c9-5-3-1-2-4(6(5)10)7(14-13)8(11)12/h1-3,7-8,14H,13H2. The van der Waals surface area contributed by atoms with Crippen LogP contribution in [0.1, 0.15) is 11.6 Å². The quantitative estimate of drug-likeness (QED) is 0.630. The first-order chi connectivity index (χ1) is 6.57. The second-order valence-corrected chi connectivity index (χ2v) is 3.41. The lowest BCUT2D eigenvalue weighted by Gasteiger charge is -2.16. The van der Waals surface area contributed by atoms with Crippen molar-refractivity contribution in [1.82, 2.24) is 5.43 Å². The van der Waals surface area contributed by atoms with Crippen molar-refractivity contribution in [2.24, 2.45) is 5.84 Å². The second-order valence-electron chi connectivity index (χ2n) is 2.62. The van der Waals surface area contributed by atoms with Gasteiger partial charge in [-0.15, -0.1) is 0 Å². The van der Waals surface area contributed by atoms with Crippen LogP contribution in [0, 0.1) is 0 Å². The Hall–Kier alpha value is -0.420. The molecule has 0 heterocycles. The van der Waals surface area contributed by atoms with Crippen molar-refractivity contribution in [1.29, 1.82) is 0 Å². The van der Waals surface area contributed by atoms with E-state index in [0.29, 0.717) is 0 Å². The average molecular weight is 241 g/mol. The number of hydrazine groups is 1. The van der Waals surface area contributed by atoms with Crippen LogP contribution in [0.25, 0.3) is 0 Å². The Morgan fingerprint density at radius 1 is 1.29 bits per heavy atom. The molecule has 0 amide bonds. The van der Waals surface area contributed by atoms with Crippen molar-refractivity contribution in [2.75, 3.05) is 0 Å². The molecule has 1 unspecified atom stereocenters. The molecule has 14 heavy (non-hydrogen) atoms. The summed E-state index contributed by atoms with van der Waals surface area (Å²) in [4.78, 5) is 0. The van der Waals surface area contributed by atoms with Gasteiger partial charge >= 0.3 is 0 Å². The molecule has 1 aromatic carbocycles. The van der Waals surface area contributed by atoms with Crippen LogP contribution in [0.5, 0.6) is 0 Å². The van der Waals surface area contributed by atoms with Gasteiger partial charge in [-0.25, -0.2) is 14.2 Å². The predicted octanol–water partition coefficient (Wildman–Crippen LogP) is 2.76. The van der Waals surface area contributed by atoms with Gasteiger partial charge in [-0.2, -0.15) is 0 Å². The van der Waals surface area contributed by atoms with Gasteiger partial charge in [0, 0.05) is 0 Å². The molecule has 3 N–H and O–H groups in total. The molecule has 2 nitrogen and oxygen atoms in total. The average Bonchev–Trinajstić information content (AvgIpc) is 2.13. The summed E-state index contributed by atoms with van der Waals surface area (Å²) >= 11 is 11.4. The van der Waals surface area contributed by atoms with Crippen LogP contribution in [0.3, 0.4) is 0 Å². The summed E-state index contributed by atoms with van der Waals surface area (Å²) in [5.41, 5.74) is 2.18. The largest absolute Gasteiger partial charge is 0.271 e. The number of hydrogen-bond donors (Lipinski definition) is 2. The Balaban J connectivity index is 3.10. The summed E-state index contributed by atoms with van der Waals surface area (Å²) in [7, 11) is 0. The summed E-state index contributed by atoms with van der Waals surface area (Å²) in [6.45, 7) is 0. The minimum absolute atomic E-state index is 0.0948. The van der Waals surface area contributed by atoms with E-state index in [1.54, 1.807) is 0 Å². The van der Waals surface area contributed by atoms with E-state index in [-0.39, 0.29) is 15.6 Å². The highest BCUT2D eigenvalue weighted by molar-refractivity contribution is 6.42. The molecule has 0 bridgehead atoms. The summed E-state index contributed by atoms with van der Waals surface area (Å²) < 4.78 is 24.9. The molecule has 0 aliphatic rings. The zero-order chi connectivity index (χ0) is 10.7. The number of nitrogens with two attached hydrogens (primary N) is 1. The van der Waals surface area contributed by atoms with E-state index in [1.165, 1.54) is 18.2 Å². The number of alkyl halides is 2. The first kappa shape index (κ1) is 11.7. The molecule has 6 heteroatoms. The van der Waals surface area contributed by atoms with E-state index >= 15 is 0 Å². The van der Waals surface area contributed by atoms with Crippen LogP contribution < -0.4 is 11.3 Å². The highest BCUT2D eigenvalue weighted by Crippen LogP contribution is 2.32. The first-order valence-electron chi connectivity index (χ1n) is 3.76. The van der Waals surface area contributed by atoms with E-state index in [1.807, 2.05) is 5.43 Å². The topological polar surface area (TPSA) is 38.0 Å². The maximum absolute atomic E-state index is 12.5. The van der Waals surface area contributed by atoms with Gasteiger partial charge in [-0.3, -0.25) is 5.84 Å². The van der Waals surface area contributed by atoms with Crippen molar-refractivity contribution in [3.63, 3.8) is 0 Å². The molecule has 0 aliphatic heterocycles. The molecule has 0 aliphatic carbocycles. The van der Waals surface area contributed by atoms with Gasteiger partial charge in [0.2, 0.25) is 0 Å². The molecule has 78 valence electrons. The van der Waals surface area contributed by atoms with Crippen LogP contribution in [0.4, 0.5) is 8.78 Å². The Morgan fingerprint density at radius 2 is 1.93 bits per heavy atom. The normalized spacial score (nSPS) is 13.3. The van der Waals surface area contributed by atoms with E-state index in [2.05, 4.69) is 0 Å². The summed E-state index contributed by atoms with van der Waals surface area (Å²) in [6.07, 6.45) is -2.64. The van der Waals surface area contributed by atoms with E-state index < -0.39 is 12.5 Å². The minimum Gasteiger partial charge on any atom is -0.271 e. The molecule has 0 spiro atoms. The fourth-order valence-corrected chi connectivity index (χ4v) is 1.48. The third kappa shape index (κ3) is 2.33. The monoisotopic (exact) mass is 240 g/mol. The van der Waals surface area contributed by atoms with Crippen molar-refractivity contribution >= 4 is 23.2 Å². The summed E-state index contributed by atoms with van der Waals surface area (Å²) in [5.74, 6) is 4.99. The lowest BCUT2D eigenvalue weighted by atomic mass is 10.1. The number of rotatable bonds is 3. The molecule has 0 fully saturated rings. The first-order valence-corrected chi connectivity index (χ1v) is 4.51. The number of nitrogens with one attached hydrogen (secondary N) is 1. The number of halogens is 4. The number of benzene rings is 1. The van der Waals surface area contributed by atoms with E-state index in [9.17, 15) is 8.78 Å². The summed E-state index contributed by atoms with van der Waals surface area (Å²) in [5, 5.41) is 0.322. The molecule has 0 aromatic heterocycles. The maximum atomic E-state index is 12.5. The predicted molar refractivity (Wildman–Crippen MR) is 52.5 cm³/mol. The van der Waals surface area contributed by atoms with Gasteiger partial charge in [-0.05, 0) is 11.6 Å². The summed E-state index contributed by atoms with van der Waals surface area (Å²) in [6, 6.07) is 3.20.